The Morgan fingerprint density at radius 2 is 1.62 bits per heavy atom. The number of benzene rings is 3. The lowest BCUT2D eigenvalue weighted by atomic mass is 10.0. The molecule has 2 aliphatic heterocycles. The van der Waals surface area contributed by atoms with Gasteiger partial charge in [0.05, 0.1) is 19.9 Å². The number of amides is 1. The van der Waals surface area contributed by atoms with Crippen molar-refractivity contribution in [2.45, 2.75) is 25.1 Å². The standard InChI is InChI=1S/C27H25N3O3S/c1-17-9-11-19(12-10-17)16-34-27-28-21-15-24(33-3)23(32-2)14-20(21)25-29-26(31)22(30(25)27)13-18-7-5-4-6-8-18/h4-12,14-15,22H,13,16H2,1-3H3/t22-/m0/s1. The minimum atomic E-state index is -0.442. The van der Waals surface area contributed by atoms with E-state index in [0.29, 0.717) is 29.4 Å². The lowest BCUT2D eigenvalue weighted by molar-refractivity contribution is -0.119. The van der Waals surface area contributed by atoms with Crippen molar-refractivity contribution in [2.24, 2.45) is 9.98 Å². The number of thioether (sulfide) groups is 1. The maximum atomic E-state index is 13.1. The summed E-state index contributed by atoms with van der Waals surface area (Å²) in [6.45, 7) is 2.08. The Balaban J connectivity index is 1.55. The van der Waals surface area contributed by atoms with E-state index in [0.717, 1.165) is 22.0 Å². The van der Waals surface area contributed by atoms with Gasteiger partial charge in [-0.25, -0.2) is 4.99 Å². The number of amidine groups is 2. The van der Waals surface area contributed by atoms with Gasteiger partial charge in [0.1, 0.15) is 11.9 Å². The molecule has 0 radical (unpaired) electrons. The number of carbonyl (C=O) groups excluding carboxylic acids is 1. The third-order valence-corrected chi connectivity index (χ3v) is 6.99. The Labute approximate surface area is 203 Å². The van der Waals surface area contributed by atoms with Crippen LogP contribution in [0.1, 0.15) is 22.3 Å². The summed E-state index contributed by atoms with van der Waals surface area (Å²) in [6, 6.07) is 21.7. The molecule has 0 unspecified atom stereocenters. The highest BCUT2D eigenvalue weighted by molar-refractivity contribution is 8.13. The zero-order chi connectivity index (χ0) is 23.7. The molecular formula is C27H25N3O3S. The fourth-order valence-electron chi connectivity index (χ4n) is 4.15. The molecule has 1 amide bonds. The molecule has 7 heteroatoms. The SMILES string of the molecule is COc1cc2c(cc1OC)C1=NC(=O)[C@H](Cc3ccccc3)N1C(SCc1ccc(C)cc1)=N2. The van der Waals surface area contributed by atoms with Crippen LogP contribution >= 0.6 is 11.8 Å². The summed E-state index contributed by atoms with van der Waals surface area (Å²) in [4.78, 5) is 24.6. The van der Waals surface area contributed by atoms with Gasteiger partial charge in [0.15, 0.2) is 16.7 Å². The van der Waals surface area contributed by atoms with Crippen LogP contribution in [0.2, 0.25) is 0 Å². The number of carbonyl (C=O) groups is 1. The third kappa shape index (κ3) is 4.19. The minimum Gasteiger partial charge on any atom is -0.493 e. The summed E-state index contributed by atoms with van der Waals surface area (Å²) in [5.74, 6) is 2.35. The number of aliphatic imine (C=N–C) groups is 2. The fourth-order valence-corrected chi connectivity index (χ4v) is 5.16. The summed E-state index contributed by atoms with van der Waals surface area (Å²) < 4.78 is 11.0. The number of nitrogens with zero attached hydrogens (tertiary/aromatic N) is 3. The van der Waals surface area contributed by atoms with Crippen LogP contribution in [0.3, 0.4) is 0 Å². The highest BCUT2D eigenvalue weighted by Crippen LogP contribution is 2.41. The molecule has 0 spiro atoms. The van der Waals surface area contributed by atoms with Crippen LogP contribution in [0.4, 0.5) is 5.69 Å². The molecule has 1 atom stereocenters. The van der Waals surface area contributed by atoms with Gasteiger partial charge in [0, 0.05) is 23.8 Å². The van der Waals surface area contributed by atoms with E-state index in [-0.39, 0.29) is 5.91 Å². The summed E-state index contributed by atoms with van der Waals surface area (Å²) >= 11 is 1.61. The maximum absolute atomic E-state index is 13.1. The number of methoxy groups -OCH3 is 2. The second-order valence-corrected chi connectivity index (χ2v) is 9.18. The van der Waals surface area contributed by atoms with Crippen molar-refractivity contribution in [1.82, 2.24) is 4.90 Å². The summed E-state index contributed by atoms with van der Waals surface area (Å²) in [5.41, 5.74) is 4.98. The molecule has 0 aromatic heterocycles. The van der Waals surface area contributed by atoms with Crippen molar-refractivity contribution in [3.05, 3.63) is 89.0 Å². The predicted molar refractivity (Wildman–Crippen MR) is 136 cm³/mol. The minimum absolute atomic E-state index is 0.162. The average molecular weight is 472 g/mol. The van der Waals surface area contributed by atoms with Crippen LogP contribution in [0.25, 0.3) is 0 Å². The number of fused-ring (bicyclic) bond motifs is 3. The molecule has 5 rings (SSSR count). The first kappa shape index (κ1) is 22.2. The summed E-state index contributed by atoms with van der Waals surface area (Å²) in [6.07, 6.45) is 0.555. The topological polar surface area (TPSA) is 63.5 Å². The quantitative estimate of drug-likeness (QED) is 0.498. The molecule has 0 bridgehead atoms. The van der Waals surface area contributed by atoms with Crippen molar-refractivity contribution in [1.29, 1.82) is 0 Å². The normalized spacial score (nSPS) is 16.5. The Hall–Kier alpha value is -3.58. The second-order valence-electron chi connectivity index (χ2n) is 8.24. The van der Waals surface area contributed by atoms with Gasteiger partial charge in [-0.15, -0.1) is 0 Å². The van der Waals surface area contributed by atoms with Crippen LogP contribution < -0.4 is 9.47 Å². The van der Waals surface area contributed by atoms with E-state index >= 15 is 0 Å². The second kappa shape index (κ2) is 9.35. The first-order valence-corrected chi connectivity index (χ1v) is 12.0. The number of hydrogen-bond donors (Lipinski definition) is 0. The Bertz CT molecular complexity index is 1290. The van der Waals surface area contributed by atoms with Crippen LogP contribution in [-0.2, 0) is 17.0 Å². The lowest BCUT2D eigenvalue weighted by Gasteiger charge is -2.31. The van der Waals surface area contributed by atoms with Gasteiger partial charge >= 0.3 is 0 Å². The molecule has 3 aromatic carbocycles. The van der Waals surface area contributed by atoms with E-state index in [2.05, 4.69) is 36.2 Å². The van der Waals surface area contributed by atoms with E-state index in [9.17, 15) is 4.79 Å². The molecule has 0 saturated carbocycles. The first-order valence-electron chi connectivity index (χ1n) is 11.1. The van der Waals surface area contributed by atoms with Gasteiger partial charge < -0.3 is 9.47 Å². The smallest absolute Gasteiger partial charge is 0.271 e. The van der Waals surface area contributed by atoms with Crippen LogP contribution in [-0.4, -0.2) is 42.1 Å². The van der Waals surface area contributed by atoms with E-state index < -0.39 is 6.04 Å². The molecule has 172 valence electrons. The molecule has 34 heavy (non-hydrogen) atoms. The molecule has 6 nitrogen and oxygen atoms in total. The predicted octanol–water partition coefficient (Wildman–Crippen LogP) is 5.15. The number of aryl methyl sites for hydroxylation is 1. The molecule has 2 heterocycles. The van der Waals surface area contributed by atoms with Gasteiger partial charge in [-0.1, -0.05) is 71.9 Å². The van der Waals surface area contributed by atoms with Crippen LogP contribution in [0, 0.1) is 6.92 Å². The number of ether oxygens (including phenoxy) is 2. The highest BCUT2D eigenvalue weighted by atomic mass is 32.2. The Morgan fingerprint density at radius 3 is 2.32 bits per heavy atom. The van der Waals surface area contributed by atoms with Gasteiger partial charge in [-0.05, 0) is 24.1 Å². The molecular weight excluding hydrogens is 446 g/mol. The molecule has 0 aliphatic carbocycles. The zero-order valence-electron chi connectivity index (χ0n) is 19.3. The van der Waals surface area contributed by atoms with Gasteiger partial charge in [-0.3, -0.25) is 9.69 Å². The monoisotopic (exact) mass is 471 g/mol. The van der Waals surface area contributed by atoms with Gasteiger partial charge in [0.25, 0.3) is 5.91 Å². The zero-order valence-corrected chi connectivity index (χ0v) is 20.1. The summed E-state index contributed by atoms with van der Waals surface area (Å²) in [5, 5.41) is 0.755. The van der Waals surface area contributed by atoms with E-state index in [1.54, 1.807) is 26.0 Å². The Morgan fingerprint density at radius 1 is 0.912 bits per heavy atom. The van der Waals surface area contributed by atoms with Crippen LogP contribution in [0.5, 0.6) is 11.5 Å². The number of rotatable bonds is 6. The molecule has 0 fully saturated rings. The van der Waals surface area contributed by atoms with E-state index in [1.807, 2.05) is 47.4 Å². The lowest BCUT2D eigenvalue weighted by Crippen LogP contribution is -2.44. The van der Waals surface area contributed by atoms with E-state index in [1.165, 1.54) is 11.1 Å². The fraction of sp³-hybridized carbons (Fsp3) is 0.222. The molecule has 0 N–H and O–H groups in total. The first-order chi connectivity index (χ1) is 16.6. The van der Waals surface area contributed by atoms with Crippen molar-refractivity contribution < 1.29 is 14.3 Å². The molecule has 3 aromatic rings. The average Bonchev–Trinajstić information content (AvgIpc) is 3.19. The van der Waals surface area contributed by atoms with Crippen molar-refractivity contribution in [2.75, 3.05) is 14.2 Å². The van der Waals surface area contributed by atoms with Gasteiger partial charge in [0.2, 0.25) is 0 Å². The van der Waals surface area contributed by atoms with Crippen molar-refractivity contribution in [3.8, 4) is 11.5 Å². The third-order valence-electron chi connectivity index (χ3n) is 5.97. The number of hydrogen-bond acceptors (Lipinski definition) is 6. The maximum Gasteiger partial charge on any atom is 0.271 e. The van der Waals surface area contributed by atoms with Crippen molar-refractivity contribution >= 4 is 34.4 Å². The highest BCUT2D eigenvalue weighted by Gasteiger charge is 2.42. The summed E-state index contributed by atoms with van der Waals surface area (Å²) in [7, 11) is 3.19. The largest absolute Gasteiger partial charge is 0.493 e. The van der Waals surface area contributed by atoms with E-state index in [4.69, 9.17) is 14.5 Å². The Kier molecular flexibility index (Phi) is 6.11. The molecule has 0 saturated heterocycles. The molecule has 2 aliphatic rings. The van der Waals surface area contributed by atoms with Crippen molar-refractivity contribution in [3.63, 3.8) is 0 Å². The van der Waals surface area contributed by atoms with Crippen LogP contribution in [0.15, 0.2) is 76.7 Å². The van der Waals surface area contributed by atoms with Gasteiger partial charge in [-0.2, -0.15) is 4.99 Å².